The molecule has 0 amide bonds. The predicted octanol–water partition coefficient (Wildman–Crippen LogP) is 16.3. The van der Waals surface area contributed by atoms with Gasteiger partial charge in [-0.3, -0.25) is 0 Å². The summed E-state index contributed by atoms with van der Waals surface area (Å²) in [4.78, 5) is 5.36. The molecule has 0 radical (unpaired) electrons. The molecule has 0 N–H and O–H groups in total. The Morgan fingerprint density at radius 2 is 0.889 bits per heavy atom. The molecule has 4 aromatic heterocycles. The van der Waals surface area contributed by atoms with Gasteiger partial charge >= 0.3 is 0 Å². The van der Waals surface area contributed by atoms with Crippen LogP contribution in [0.1, 0.15) is 0 Å². The summed E-state index contributed by atoms with van der Waals surface area (Å²) < 4.78 is 15.3. The van der Waals surface area contributed by atoms with Crippen LogP contribution in [-0.2, 0) is 0 Å². The lowest BCUT2D eigenvalue weighted by Gasteiger charge is -2.11. The van der Waals surface area contributed by atoms with Crippen LogP contribution in [0.3, 0.4) is 0 Å². The Hall–Kier alpha value is -8.47. The first kappa shape index (κ1) is 35.3. The molecule has 13 rings (SSSR count). The van der Waals surface area contributed by atoms with Crippen molar-refractivity contribution in [1.29, 1.82) is 0 Å². The third kappa shape index (κ3) is 5.80. The maximum Gasteiger partial charge on any atom is 0.136 e. The number of nitrogens with zero attached hydrogens (tertiary/aromatic N) is 2. The van der Waals surface area contributed by atoms with Gasteiger partial charge in [0.2, 0.25) is 0 Å². The monoisotopic (exact) mass is 804 g/mol. The van der Waals surface area contributed by atoms with Gasteiger partial charge in [-0.2, -0.15) is 0 Å². The Morgan fingerprint density at radius 1 is 0.302 bits per heavy atom. The van der Waals surface area contributed by atoms with Crippen LogP contribution in [0, 0.1) is 0 Å². The average Bonchev–Trinajstić information content (AvgIpc) is 4.03. The maximum absolute atomic E-state index is 6.60. The van der Waals surface area contributed by atoms with Crippen LogP contribution in [-0.4, -0.2) is 9.55 Å². The zero-order valence-corrected chi connectivity index (χ0v) is 34.0. The highest BCUT2D eigenvalue weighted by molar-refractivity contribution is 6.15. The molecule has 0 bridgehead atoms. The molecule has 0 saturated heterocycles. The Bertz CT molecular complexity index is 3900. The van der Waals surface area contributed by atoms with Gasteiger partial charge < -0.3 is 13.4 Å². The summed E-state index contributed by atoms with van der Waals surface area (Å²) in [5, 5.41) is 6.76. The summed E-state index contributed by atoms with van der Waals surface area (Å²) in [6.07, 6.45) is 0. The molecule has 0 atom stereocenters. The molecule has 0 spiro atoms. The lowest BCUT2D eigenvalue weighted by atomic mass is 9.96. The molecule has 4 heterocycles. The summed E-state index contributed by atoms with van der Waals surface area (Å²) >= 11 is 0. The smallest absolute Gasteiger partial charge is 0.136 e. The van der Waals surface area contributed by atoms with E-state index in [2.05, 4.69) is 205 Å². The van der Waals surface area contributed by atoms with Gasteiger partial charge in [-0.25, -0.2) is 4.98 Å². The zero-order chi connectivity index (χ0) is 41.4. The Morgan fingerprint density at radius 3 is 1.73 bits per heavy atom. The molecule has 0 saturated carbocycles. The largest absolute Gasteiger partial charge is 0.456 e. The van der Waals surface area contributed by atoms with Gasteiger partial charge in [0.1, 0.15) is 22.3 Å². The number of hydrogen-bond donors (Lipinski definition) is 0. The van der Waals surface area contributed by atoms with Gasteiger partial charge in [0.15, 0.2) is 0 Å². The minimum atomic E-state index is 0.825. The molecule has 0 fully saturated rings. The second kappa shape index (κ2) is 14.1. The van der Waals surface area contributed by atoms with Crippen LogP contribution in [0.25, 0.3) is 127 Å². The van der Waals surface area contributed by atoms with Gasteiger partial charge in [0, 0.05) is 49.1 Å². The molecule has 294 valence electrons. The van der Waals surface area contributed by atoms with Crippen LogP contribution >= 0.6 is 0 Å². The van der Waals surface area contributed by atoms with Crippen molar-refractivity contribution in [2.45, 2.75) is 0 Å². The van der Waals surface area contributed by atoms with Crippen molar-refractivity contribution in [2.24, 2.45) is 0 Å². The van der Waals surface area contributed by atoms with E-state index in [0.29, 0.717) is 0 Å². The number of aromatic nitrogens is 2. The number of fused-ring (bicyclic) bond motifs is 9. The number of rotatable bonds is 6. The van der Waals surface area contributed by atoms with Gasteiger partial charge in [-0.15, -0.1) is 0 Å². The zero-order valence-electron chi connectivity index (χ0n) is 34.0. The Kier molecular flexibility index (Phi) is 7.87. The van der Waals surface area contributed by atoms with Crippen molar-refractivity contribution in [3.05, 3.63) is 218 Å². The fourth-order valence-corrected chi connectivity index (χ4v) is 9.58. The average molecular weight is 805 g/mol. The van der Waals surface area contributed by atoms with Gasteiger partial charge in [0.25, 0.3) is 0 Å². The number of benzene rings is 9. The normalized spacial score (nSPS) is 11.8. The first-order chi connectivity index (χ1) is 31.2. The molecule has 0 unspecified atom stereocenters. The van der Waals surface area contributed by atoms with E-state index >= 15 is 0 Å². The lowest BCUT2D eigenvalue weighted by molar-refractivity contribution is 0.668. The molecule has 9 aromatic carbocycles. The summed E-state index contributed by atoms with van der Waals surface area (Å²) in [7, 11) is 0. The summed E-state index contributed by atoms with van der Waals surface area (Å²) in [5.41, 5.74) is 17.5. The van der Waals surface area contributed by atoms with Crippen LogP contribution in [0.4, 0.5) is 0 Å². The first-order valence-electron chi connectivity index (χ1n) is 21.3. The minimum absolute atomic E-state index is 0.825. The van der Waals surface area contributed by atoms with Crippen LogP contribution in [0.5, 0.6) is 0 Å². The van der Waals surface area contributed by atoms with Crippen molar-refractivity contribution < 1.29 is 8.83 Å². The highest BCUT2D eigenvalue weighted by atomic mass is 16.3. The summed E-state index contributed by atoms with van der Waals surface area (Å²) in [6.45, 7) is 0. The van der Waals surface area contributed by atoms with Crippen molar-refractivity contribution in [1.82, 2.24) is 9.55 Å². The molecule has 63 heavy (non-hydrogen) atoms. The summed E-state index contributed by atoms with van der Waals surface area (Å²) in [6, 6.07) is 77.4. The fraction of sp³-hybridized carbons (Fsp3) is 0. The molecular weight excluding hydrogens is 769 g/mol. The van der Waals surface area contributed by atoms with E-state index in [1.807, 2.05) is 18.2 Å². The molecule has 0 aliphatic heterocycles. The molecular formula is C59H36N2O2. The van der Waals surface area contributed by atoms with E-state index in [9.17, 15) is 0 Å². The quantitative estimate of drug-likeness (QED) is 0.168. The van der Waals surface area contributed by atoms with Crippen molar-refractivity contribution in [3.63, 3.8) is 0 Å². The number of pyridine rings is 1. The van der Waals surface area contributed by atoms with E-state index in [0.717, 1.165) is 99.8 Å². The second-order valence-corrected chi connectivity index (χ2v) is 16.3. The van der Waals surface area contributed by atoms with E-state index in [1.165, 1.54) is 27.4 Å². The minimum Gasteiger partial charge on any atom is -0.456 e. The Labute approximate surface area is 362 Å². The van der Waals surface area contributed by atoms with E-state index in [1.54, 1.807) is 0 Å². The van der Waals surface area contributed by atoms with Gasteiger partial charge in [-0.05, 0) is 112 Å². The molecule has 0 aliphatic carbocycles. The first-order valence-corrected chi connectivity index (χ1v) is 21.3. The third-order valence-corrected chi connectivity index (χ3v) is 12.6. The predicted molar refractivity (Wildman–Crippen MR) is 260 cm³/mol. The molecule has 4 heteroatoms. The lowest BCUT2D eigenvalue weighted by Crippen LogP contribution is -1.93. The Balaban J connectivity index is 0.981. The summed E-state index contributed by atoms with van der Waals surface area (Å²) in [5.74, 6) is 0. The molecule has 13 aromatic rings. The van der Waals surface area contributed by atoms with Gasteiger partial charge in [0.05, 0.1) is 22.4 Å². The van der Waals surface area contributed by atoms with Crippen LogP contribution < -0.4 is 0 Å². The second-order valence-electron chi connectivity index (χ2n) is 16.3. The standard InChI is InChI=1S/C59H36N2O2/c1-4-13-37(14-5-1)39-25-29-53-49(31-39)45-27-23-41(35-54(45)61(53)44-17-8-3-9-18-44)40-26-30-56-50(32-40)59-48(20-12-22-57(59)62-56)52-34-43(33-51(60-52)38-15-6-2-7-16-38)42-24-28-47-46-19-10-11-21-55(46)63-58(47)36-42/h1-36H. The third-order valence-electron chi connectivity index (χ3n) is 12.6. The van der Waals surface area contributed by atoms with Crippen LogP contribution in [0.2, 0.25) is 0 Å². The highest BCUT2D eigenvalue weighted by Gasteiger charge is 2.19. The molecule has 4 nitrogen and oxygen atoms in total. The van der Waals surface area contributed by atoms with Gasteiger partial charge in [-0.1, -0.05) is 140 Å². The number of furan rings is 2. The SMILES string of the molecule is c1ccc(-c2ccc3c(c2)c2ccc(-c4ccc5oc6cccc(-c7cc(-c8ccc9c(c8)oc8ccccc89)cc(-c8ccccc8)n7)c6c5c4)cc2n3-c2ccccc2)cc1. The topological polar surface area (TPSA) is 44.1 Å². The van der Waals surface area contributed by atoms with Crippen molar-refractivity contribution in [3.8, 4) is 61.6 Å². The maximum atomic E-state index is 6.60. The highest BCUT2D eigenvalue weighted by Crippen LogP contribution is 2.42. The van der Waals surface area contributed by atoms with Crippen molar-refractivity contribution >= 4 is 65.7 Å². The van der Waals surface area contributed by atoms with E-state index in [4.69, 9.17) is 13.8 Å². The van der Waals surface area contributed by atoms with E-state index < -0.39 is 0 Å². The number of para-hydroxylation sites is 2. The van der Waals surface area contributed by atoms with E-state index in [-0.39, 0.29) is 0 Å². The van der Waals surface area contributed by atoms with Crippen LogP contribution in [0.15, 0.2) is 227 Å². The molecule has 0 aliphatic rings. The van der Waals surface area contributed by atoms with Crippen molar-refractivity contribution in [2.75, 3.05) is 0 Å². The fourth-order valence-electron chi connectivity index (χ4n) is 9.58. The number of hydrogen-bond acceptors (Lipinski definition) is 3.